The first kappa shape index (κ1) is 20.2. The summed E-state index contributed by atoms with van der Waals surface area (Å²) in [5, 5.41) is 3.35. The third-order valence-corrected chi connectivity index (χ3v) is 5.22. The summed E-state index contributed by atoms with van der Waals surface area (Å²) in [6.07, 6.45) is 1.92. The molecule has 23 heavy (non-hydrogen) atoms. The van der Waals surface area contributed by atoms with E-state index in [0.717, 1.165) is 19.4 Å². The van der Waals surface area contributed by atoms with Crippen molar-refractivity contribution in [2.24, 2.45) is 0 Å². The van der Waals surface area contributed by atoms with E-state index in [1.807, 2.05) is 6.92 Å². The van der Waals surface area contributed by atoms with Crippen molar-refractivity contribution in [2.45, 2.75) is 30.2 Å². The van der Waals surface area contributed by atoms with E-state index in [1.165, 1.54) is 0 Å². The Hall–Kier alpha value is -0.860. The molecule has 1 atom stereocenters. The molecule has 6 nitrogen and oxygen atoms in total. The highest BCUT2D eigenvalue weighted by Gasteiger charge is 2.34. The Morgan fingerprint density at radius 3 is 2.52 bits per heavy atom. The summed E-state index contributed by atoms with van der Waals surface area (Å²) >= 11 is 0. The average Bonchev–Trinajstić information content (AvgIpc) is 2.96. The van der Waals surface area contributed by atoms with Crippen LogP contribution in [0, 0.1) is 0 Å². The molecular formula is C15H25ClN2O4S. The SMILES string of the molecule is CCOc1ccc(S(=O)(=O)NCC2(COC)CCCN2)cc1.Cl. The van der Waals surface area contributed by atoms with E-state index in [9.17, 15) is 8.42 Å². The lowest BCUT2D eigenvalue weighted by Crippen LogP contribution is -2.52. The monoisotopic (exact) mass is 364 g/mol. The van der Waals surface area contributed by atoms with E-state index in [0.29, 0.717) is 25.5 Å². The van der Waals surface area contributed by atoms with Crippen molar-refractivity contribution in [1.29, 1.82) is 0 Å². The minimum Gasteiger partial charge on any atom is -0.494 e. The van der Waals surface area contributed by atoms with Gasteiger partial charge in [0, 0.05) is 13.7 Å². The predicted octanol–water partition coefficient (Wildman–Crippen LogP) is 1.55. The van der Waals surface area contributed by atoms with Crippen molar-refractivity contribution in [3.63, 3.8) is 0 Å². The highest BCUT2D eigenvalue weighted by Crippen LogP contribution is 2.21. The Balaban J connectivity index is 0.00000264. The molecule has 1 saturated heterocycles. The summed E-state index contributed by atoms with van der Waals surface area (Å²) in [5.74, 6) is 0.662. The Morgan fingerprint density at radius 1 is 1.30 bits per heavy atom. The van der Waals surface area contributed by atoms with E-state index in [4.69, 9.17) is 9.47 Å². The van der Waals surface area contributed by atoms with Crippen LogP contribution in [-0.2, 0) is 14.8 Å². The number of nitrogens with one attached hydrogen (secondary N) is 2. The number of ether oxygens (including phenoxy) is 2. The van der Waals surface area contributed by atoms with Crippen molar-refractivity contribution in [3.8, 4) is 5.75 Å². The second-order valence-electron chi connectivity index (χ2n) is 5.47. The first-order valence-corrected chi connectivity index (χ1v) is 8.96. The van der Waals surface area contributed by atoms with Crippen molar-refractivity contribution in [2.75, 3.05) is 33.4 Å². The van der Waals surface area contributed by atoms with E-state index >= 15 is 0 Å². The summed E-state index contributed by atoms with van der Waals surface area (Å²) < 4.78 is 38.0. The van der Waals surface area contributed by atoms with Crippen LogP contribution in [0.1, 0.15) is 19.8 Å². The average molecular weight is 365 g/mol. The molecule has 1 aromatic rings. The van der Waals surface area contributed by atoms with Gasteiger partial charge in [0.05, 0.1) is 23.6 Å². The lowest BCUT2D eigenvalue weighted by Gasteiger charge is -2.28. The largest absolute Gasteiger partial charge is 0.494 e. The highest BCUT2D eigenvalue weighted by molar-refractivity contribution is 7.89. The van der Waals surface area contributed by atoms with Crippen molar-refractivity contribution >= 4 is 22.4 Å². The molecule has 0 bridgehead atoms. The first-order valence-electron chi connectivity index (χ1n) is 7.48. The van der Waals surface area contributed by atoms with Crippen molar-refractivity contribution in [1.82, 2.24) is 10.0 Å². The molecule has 0 saturated carbocycles. The van der Waals surface area contributed by atoms with Crippen molar-refractivity contribution in [3.05, 3.63) is 24.3 Å². The fourth-order valence-corrected chi connectivity index (χ4v) is 3.80. The van der Waals surface area contributed by atoms with Crippen molar-refractivity contribution < 1.29 is 17.9 Å². The molecule has 2 rings (SSSR count). The summed E-state index contributed by atoms with van der Waals surface area (Å²) in [6, 6.07) is 6.43. The van der Waals surface area contributed by atoms with E-state index in [1.54, 1.807) is 31.4 Å². The molecule has 0 aromatic heterocycles. The first-order chi connectivity index (χ1) is 10.5. The number of benzene rings is 1. The standard InChI is InChI=1S/C15H24N2O4S.ClH/c1-3-21-13-5-7-14(8-6-13)22(18,19)17-11-15(12-20-2)9-4-10-16-15;/h5-8,16-17H,3-4,9-12H2,1-2H3;1H. The number of hydrogen-bond donors (Lipinski definition) is 2. The van der Waals surface area contributed by atoms with Crippen LogP contribution in [-0.4, -0.2) is 47.4 Å². The molecule has 0 radical (unpaired) electrons. The maximum atomic E-state index is 12.4. The van der Waals surface area contributed by atoms with Gasteiger partial charge >= 0.3 is 0 Å². The minimum absolute atomic E-state index is 0. The van der Waals surface area contributed by atoms with Gasteiger partial charge in [-0.25, -0.2) is 13.1 Å². The Bertz CT molecular complexity index is 572. The second kappa shape index (κ2) is 8.84. The van der Waals surface area contributed by atoms with Gasteiger partial charge in [-0.15, -0.1) is 12.4 Å². The van der Waals surface area contributed by atoms with Crippen LogP contribution >= 0.6 is 12.4 Å². The molecule has 1 aliphatic rings. The third-order valence-electron chi connectivity index (χ3n) is 3.80. The van der Waals surface area contributed by atoms with Gasteiger partial charge in [-0.3, -0.25) is 0 Å². The second-order valence-corrected chi connectivity index (χ2v) is 7.24. The van der Waals surface area contributed by atoms with E-state index < -0.39 is 10.0 Å². The molecular weight excluding hydrogens is 340 g/mol. The lowest BCUT2D eigenvalue weighted by molar-refractivity contribution is 0.122. The molecule has 8 heteroatoms. The number of sulfonamides is 1. The maximum Gasteiger partial charge on any atom is 0.240 e. The molecule has 0 amide bonds. The molecule has 1 unspecified atom stereocenters. The Labute approximate surface area is 144 Å². The Kier molecular flexibility index (Phi) is 7.76. The third kappa shape index (κ3) is 5.32. The van der Waals surface area contributed by atoms with Crippen LogP contribution in [0.15, 0.2) is 29.2 Å². The van der Waals surface area contributed by atoms with Gasteiger partial charge in [0.1, 0.15) is 5.75 Å². The molecule has 1 aliphatic heterocycles. The van der Waals surface area contributed by atoms with Gasteiger partial charge in [-0.1, -0.05) is 0 Å². The smallest absolute Gasteiger partial charge is 0.240 e. The van der Waals surface area contributed by atoms with E-state index in [2.05, 4.69) is 10.0 Å². The van der Waals surface area contributed by atoms with Gasteiger partial charge < -0.3 is 14.8 Å². The van der Waals surface area contributed by atoms with Crippen LogP contribution in [0.4, 0.5) is 0 Å². The number of hydrogen-bond acceptors (Lipinski definition) is 5. The zero-order valence-corrected chi connectivity index (χ0v) is 15.1. The molecule has 1 fully saturated rings. The Morgan fingerprint density at radius 2 is 2.00 bits per heavy atom. The van der Waals surface area contributed by atoms with Gasteiger partial charge in [0.2, 0.25) is 10.0 Å². The molecule has 1 heterocycles. The van der Waals surface area contributed by atoms with Crippen LogP contribution < -0.4 is 14.8 Å². The summed E-state index contributed by atoms with van der Waals surface area (Å²) in [6.45, 7) is 4.12. The molecule has 2 N–H and O–H groups in total. The lowest BCUT2D eigenvalue weighted by atomic mass is 9.99. The topological polar surface area (TPSA) is 76.7 Å². The van der Waals surface area contributed by atoms with Gasteiger partial charge in [0.25, 0.3) is 0 Å². The minimum atomic E-state index is -3.54. The van der Waals surface area contributed by atoms with Crippen LogP contribution in [0.25, 0.3) is 0 Å². The van der Waals surface area contributed by atoms with Gasteiger partial charge in [-0.05, 0) is 50.6 Å². The van der Waals surface area contributed by atoms with Crippen LogP contribution in [0.2, 0.25) is 0 Å². The quantitative estimate of drug-likeness (QED) is 0.732. The fourth-order valence-electron chi connectivity index (χ4n) is 2.67. The summed E-state index contributed by atoms with van der Waals surface area (Å²) in [7, 11) is -1.91. The molecule has 132 valence electrons. The molecule has 0 aliphatic carbocycles. The fraction of sp³-hybridized carbons (Fsp3) is 0.600. The predicted molar refractivity (Wildman–Crippen MR) is 91.9 cm³/mol. The zero-order chi connectivity index (χ0) is 16.1. The number of rotatable bonds is 8. The maximum absolute atomic E-state index is 12.4. The van der Waals surface area contributed by atoms with Crippen LogP contribution in [0.5, 0.6) is 5.75 Å². The number of halogens is 1. The van der Waals surface area contributed by atoms with Gasteiger partial charge in [0.15, 0.2) is 0 Å². The highest BCUT2D eigenvalue weighted by atomic mass is 35.5. The van der Waals surface area contributed by atoms with Gasteiger partial charge in [-0.2, -0.15) is 0 Å². The summed E-state index contributed by atoms with van der Waals surface area (Å²) in [5.41, 5.74) is -0.312. The molecule has 1 aromatic carbocycles. The summed E-state index contributed by atoms with van der Waals surface area (Å²) in [4.78, 5) is 0.238. The zero-order valence-electron chi connectivity index (χ0n) is 13.5. The molecule has 0 spiro atoms. The van der Waals surface area contributed by atoms with Crippen LogP contribution in [0.3, 0.4) is 0 Å². The number of methoxy groups -OCH3 is 1. The van der Waals surface area contributed by atoms with E-state index in [-0.39, 0.29) is 22.8 Å². The normalized spacial score (nSPS) is 21.0.